The highest BCUT2D eigenvalue weighted by atomic mass is 16.6. The summed E-state index contributed by atoms with van der Waals surface area (Å²) in [6.07, 6.45) is 53.7. The second-order valence-electron chi connectivity index (χ2n) is 21.8. The molecule has 0 saturated heterocycles. The van der Waals surface area contributed by atoms with E-state index < -0.39 is 6.10 Å². The Kier molecular flexibility index (Phi) is 50.0. The largest absolute Gasteiger partial charge is 0.462 e. The number of carbonyl (C=O) groups excluding carboxylic acids is 3. The van der Waals surface area contributed by atoms with Gasteiger partial charge in [-0.25, -0.2) is 0 Å². The minimum absolute atomic E-state index is 0.0635. The molecule has 0 aliphatic heterocycles. The molecule has 392 valence electrons. The maximum absolute atomic E-state index is 12.8. The lowest BCUT2D eigenvalue weighted by atomic mass is 9.99. The Morgan fingerprint density at radius 3 is 0.788 bits per heavy atom. The van der Waals surface area contributed by atoms with E-state index in [1.54, 1.807) is 0 Å². The third kappa shape index (κ3) is 51.8. The van der Waals surface area contributed by atoms with Crippen molar-refractivity contribution in [2.45, 2.75) is 337 Å². The number of rotatable bonds is 53. The highest BCUT2D eigenvalue weighted by Gasteiger charge is 2.19. The SMILES string of the molecule is CCC(C)CCCCCCCCCCCCCCCCC(=O)OC[C@@H](COC(=O)CCCCCCCCCCCCCCCCC(C)C)OC(=O)CCCCCCCCCCCCC(C)C. The van der Waals surface area contributed by atoms with Gasteiger partial charge in [0.1, 0.15) is 13.2 Å². The molecule has 2 atom stereocenters. The Labute approximate surface area is 412 Å². The third-order valence-corrected chi connectivity index (χ3v) is 14.0. The zero-order valence-corrected chi connectivity index (χ0v) is 45.5. The minimum atomic E-state index is -0.764. The van der Waals surface area contributed by atoms with Gasteiger partial charge in [0.25, 0.3) is 0 Å². The van der Waals surface area contributed by atoms with E-state index >= 15 is 0 Å². The standard InChI is InChI=1S/C60H116O6/c1-7-56(6)48-42-36-30-24-17-13-9-11-15-19-26-32-38-44-50-59(62)65-53-57(66-60(63)51-45-39-33-27-21-20-23-29-35-41-47-55(4)5)52-64-58(61)49-43-37-31-25-18-14-10-8-12-16-22-28-34-40-46-54(2)3/h54-57H,7-53H2,1-6H3/t56?,57-/m1/s1. The van der Waals surface area contributed by atoms with Gasteiger partial charge in [-0.05, 0) is 37.0 Å². The topological polar surface area (TPSA) is 78.9 Å². The van der Waals surface area contributed by atoms with E-state index in [2.05, 4.69) is 41.5 Å². The number of carbonyl (C=O) groups is 3. The van der Waals surface area contributed by atoms with E-state index in [9.17, 15) is 14.4 Å². The van der Waals surface area contributed by atoms with Gasteiger partial charge in [0.15, 0.2) is 6.10 Å². The summed E-state index contributed by atoms with van der Waals surface area (Å²) in [6.45, 7) is 13.8. The van der Waals surface area contributed by atoms with Crippen LogP contribution < -0.4 is 0 Å². The van der Waals surface area contributed by atoms with Crippen LogP contribution in [-0.4, -0.2) is 37.2 Å². The van der Waals surface area contributed by atoms with Crippen molar-refractivity contribution < 1.29 is 28.6 Å². The van der Waals surface area contributed by atoms with Crippen LogP contribution in [0.2, 0.25) is 0 Å². The number of esters is 3. The molecule has 0 amide bonds. The molecule has 0 aliphatic rings. The van der Waals surface area contributed by atoms with Crippen LogP contribution >= 0.6 is 0 Å². The molecule has 0 aromatic rings. The van der Waals surface area contributed by atoms with Gasteiger partial charge in [0.2, 0.25) is 0 Å². The van der Waals surface area contributed by atoms with Crippen LogP contribution in [-0.2, 0) is 28.6 Å². The molecule has 0 aromatic heterocycles. The number of hydrogen-bond acceptors (Lipinski definition) is 6. The number of ether oxygens (including phenoxy) is 3. The molecule has 0 N–H and O–H groups in total. The Morgan fingerprint density at radius 2 is 0.530 bits per heavy atom. The van der Waals surface area contributed by atoms with E-state index in [0.717, 1.165) is 75.5 Å². The fourth-order valence-corrected chi connectivity index (χ4v) is 9.14. The molecule has 0 rings (SSSR count). The summed E-state index contributed by atoms with van der Waals surface area (Å²) in [5.74, 6) is 1.71. The molecule has 0 radical (unpaired) electrons. The summed E-state index contributed by atoms with van der Waals surface area (Å²) >= 11 is 0. The first-order valence-electron chi connectivity index (χ1n) is 29.6. The van der Waals surface area contributed by atoms with Crippen LogP contribution in [0.5, 0.6) is 0 Å². The average Bonchev–Trinajstić information content (AvgIpc) is 3.29. The summed E-state index contributed by atoms with van der Waals surface area (Å²) in [6, 6.07) is 0. The molecule has 0 saturated carbocycles. The first-order chi connectivity index (χ1) is 32.1. The smallest absolute Gasteiger partial charge is 0.306 e. The van der Waals surface area contributed by atoms with Crippen molar-refractivity contribution in [1.82, 2.24) is 0 Å². The van der Waals surface area contributed by atoms with Gasteiger partial charge < -0.3 is 14.2 Å². The maximum atomic E-state index is 12.8. The van der Waals surface area contributed by atoms with E-state index in [0.29, 0.717) is 19.3 Å². The first kappa shape index (κ1) is 64.4. The van der Waals surface area contributed by atoms with Gasteiger partial charge in [-0.2, -0.15) is 0 Å². The zero-order valence-electron chi connectivity index (χ0n) is 45.5. The van der Waals surface area contributed by atoms with E-state index in [1.807, 2.05) is 0 Å². The van der Waals surface area contributed by atoms with Crippen molar-refractivity contribution in [2.24, 2.45) is 17.8 Å². The molecule has 66 heavy (non-hydrogen) atoms. The van der Waals surface area contributed by atoms with Crippen LogP contribution in [0, 0.1) is 17.8 Å². The molecule has 6 heteroatoms. The van der Waals surface area contributed by atoms with Crippen LogP contribution in [0.15, 0.2) is 0 Å². The molecule has 0 aliphatic carbocycles. The molecule has 0 spiro atoms. The van der Waals surface area contributed by atoms with Crippen molar-refractivity contribution in [1.29, 1.82) is 0 Å². The summed E-state index contributed by atoms with van der Waals surface area (Å²) in [4.78, 5) is 38.2. The molecule has 0 aromatic carbocycles. The van der Waals surface area contributed by atoms with E-state index in [1.165, 1.54) is 212 Å². The Balaban J connectivity index is 4.28. The average molecular weight is 934 g/mol. The summed E-state index contributed by atoms with van der Waals surface area (Å²) < 4.78 is 16.9. The second kappa shape index (κ2) is 51.3. The lowest BCUT2D eigenvalue weighted by Gasteiger charge is -2.18. The molecule has 0 fully saturated rings. The molecule has 1 unspecified atom stereocenters. The van der Waals surface area contributed by atoms with Crippen LogP contribution in [0.1, 0.15) is 330 Å². The van der Waals surface area contributed by atoms with Gasteiger partial charge in [-0.1, -0.05) is 292 Å². The van der Waals surface area contributed by atoms with E-state index in [4.69, 9.17) is 14.2 Å². The van der Waals surface area contributed by atoms with Gasteiger partial charge >= 0.3 is 17.9 Å². The van der Waals surface area contributed by atoms with Gasteiger partial charge in [-0.15, -0.1) is 0 Å². The Bertz CT molecular complexity index is 1020. The molecule has 0 heterocycles. The zero-order chi connectivity index (χ0) is 48.4. The Morgan fingerprint density at radius 1 is 0.303 bits per heavy atom. The summed E-state index contributed by atoms with van der Waals surface area (Å²) in [5, 5.41) is 0. The summed E-state index contributed by atoms with van der Waals surface area (Å²) in [5.41, 5.74) is 0. The van der Waals surface area contributed by atoms with Gasteiger partial charge in [0.05, 0.1) is 0 Å². The van der Waals surface area contributed by atoms with Crippen molar-refractivity contribution >= 4 is 17.9 Å². The fraction of sp³-hybridized carbons (Fsp3) is 0.950. The van der Waals surface area contributed by atoms with E-state index in [-0.39, 0.29) is 31.1 Å². The van der Waals surface area contributed by atoms with Gasteiger partial charge in [0, 0.05) is 19.3 Å². The van der Waals surface area contributed by atoms with Crippen LogP contribution in [0.25, 0.3) is 0 Å². The van der Waals surface area contributed by atoms with Crippen LogP contribution in [0.3, 0.4) is 0 Å². The van der Waals surface area contributed by atoms with Crippen LogP contribution in [0.4, 0.5) is 0 Å². The Hall–Kier alpha value is -1.59. The minimum Gasteiger partial charge on any atom is -0.462 e. The fourth-order valence-electron chi connectivity index (χ4n) is 9.14. The van der Waals surface area contributed by atoms with Gasteiger partial charge in [-0.3, -0.25) is 14.4 Å². The highest BCUT2D eigenvalue weighted by Crippen LogP contribution is 2.19. The lowest BCUT2D eigenvalue weighted by molar-refractivity contribution is -0.167. The van der Waals surface area contributed by atoms with Crippen molar-refractivity contribution in [2.75, 3.05) is 13.2 Å². The number of unbranched alkanes of at least 4 members (excludes halogenated alkanes) is 35. The van der Waals surface area contributed by atoms with Crippen molar-refractivity contribution in [3.63, 3.8) is 0 Å². The highest BCUT2D eigenvalue weighted by molar-refractivity contribution is 5.71. The number of hydrogen-bond donors (Lipinski definition) is 0. The van der Waals surface area contributed by atoms with Crippen molar-refractivity contribution in [3.05, 3.63) is 0 Å². The predicted octanol–water partition coefficient (Wildman–Crippen LogP) is 19.5. The quantitative estimate of drug-likeness (QED) is 0.0343. The first-order valence-corrected chi connectivity index (χ1v) is 29.6. The lowest BCUT2D eigenvalue weighted by Crippen LogP contribution is -2.30. The third-order valence-electron chi connectivity index (χ3n) is 14.0. The second-order valence-corrected chi connectivity index (χ2v) is 21.8. The predicted molar refractivity (Wildman–Crippen MR) is 284 cm³/mol. The molecular weight excluding hydrogens is 817 g/mol. The summed E-state index contributed by atoms with van der Waals surface area (Å²) in [7, 11) is 0. The molecular formula is C60H116O6. The maximum Gasteiger partial charge on any atom is 0.306 e. The van der Waals surface area contributed by atoms with Crippen molar-refractivity contribution in [3.8, 4) is 0 Å². The monoisotopic (exact) mass is 933 g/mol. The normalized spacial score (nSPS) is 12.5. The molecule has 0 bridgehead atoms. The molecule has 6 nitrogen and oxygen atoms in total.